The smallest absolute Gasteiger partial charge is 0.256 e. The number of carbonyl (C=O) groups excluding carboxylic acids is 2. The van der Waals surface area contributed by atoms with Gasteiger partial charge in [0.15, 0.2) is 0 Å². The summed E-state index contributed by atoms with van der Waals surface area (Å²) in [4.78, 5) is 24.8. The van der Waals surface area contributed by atoms with E-state index in [0.29, 0.717) is 11.6 Å². The standard InChI is InChI=1S/C13H18ClN3O2/c1-8(2)6-17(7-11(15)18)13(19)9-4-3-5-10(14)12(9)16/h3-5,8H,6-7,16H2,1-2H3,(H2,15,18). The summed E-state index contributed by atoms with van der Waals surface area (Å²) in [5.41, 5.74) is 11.5. The van der Waals surface area contributed by atoms with Gasteiger partial charge >= 0.3 is 0 Å². The molecule has 0 unspecified atom stereocenters. The molecule has 19 heavy (non-hydrogen) atoms. The lowest BCUT2D eigenvalue weighted by Crippen LogP contribution is -2.40. The van der Waals surface area contributed by atoms with Crippen molar-refractivity contribution in [1.29, 1.82) is 0 Å². The van der Waals surface area contributed by atoms with Crippen LogP contribution < -0.4 is 11.5 Å². The molecule has 0 aliphatic rings. The average molecular weight is 284 g/mol. The molecular weight excluding hydrogens is 266 g/mol. The molecule has 0 radical (unpaired) electrons. The molecule has 0 heterocycles. The van der Waals surface area contributed by atoms with Crippen LogP contribution in [0.25, 0.3) is 0 Å². The van der Waals surface area contributed by atoms with E-state index in [0.717, 1.165) is 0 Å². The number of hydrogen-bond acceptors (Lipinski definition) is 3. The molecule has 0 bridgehead atoms. The van der Waals surface area contributed by atoms with E-state index in [1.807, 2.05) is 13.8 Å². The van der Waals surface area contributed by atoms with Crippen LogP contribution in [0.5, 0.6) is 0 Å². The van der Waals surface area contributed by atoms with Crippen molar-refractivity contribution >= 4 is 29.1 Å². The molecular formula is C13H18ClN3O2. The fourth-order valence-corrected chi connectivity index (χ4v) is 1.92. The lowest BCUT2D eigenvalue weighted by atomic mass is 10.1. The maximum atomic E-state index is 12.4. The Hall–Kier alpha value is -1.75. The predicted octanol–water partition coefficient (Wildman–Crippen LogP) is 1.51. The molecule has 0 saturated heterocycles. The number of primary amides is 1. The molecule has 0 aromatic heterocycles. The zero-order valence-corrected chi connectivity index (χ0v) is 11.8. The Morgan fingerprint density at radius 1 is 1.37 bits per heavy atom. The van der Waals surface area contributed by atoms with Crippen LogP contribution >= 0.6 is 11.6 Å². The first-order valence-corrected chi connectivity index (χ1v) is 6.32. The molecule has 0 atom stereocenters. The van der Waals surface area contributed by atoms with Gasteiger partial charge in [0.05, 0.1) is 22.8 Å². The minimum atomic E-state index is -0.561. The molecule has 0 saturated carbocycles. The van der Waals surface area contributed by atoms with Crippen LogP contribution in [0.15, 0.2) is 18.2 Å². The van der Waals surface area contributed by atoms with E-state index < -0.39 is 5.91 Å². The highest BCUT2D eigenvalue weighted by Gasteiger charge is 2.21. The second-order valence-corrected chi connectivity index (χ2v) is 5.15. The van der Waals surface area contributed by atoms with Crippen LogP contribution in [0, 0.1) is 5.92 Å². The van der Waals surface area contributed by atoms with E-state index in [1.54, 1.807) is 18.2 Å². The van der Waals surface area contributed by atoms with E-state index in [-0.39, 0.29) is 29.6 Å². The molecule has 4 N–H and O–H groups in total. The molecule has 104 valence electrons. The van der Waals surface area contributed by atoms with E-state index >= 15 is 0 Å². The van der Waals surface area contributed by atoms with Gasteiger partial charge in [0.25, 0.3) is 5.91 Å². The third kappa shape index (κ3) is 4.13. The van der Waals surface area contributed by atoms with Crippen molar-refractivity contribution in [1.82, 2.24) is 4.90 Å². The maximum Gasteiger partial charge on any atom is 0.256 e. The third-order valence-corrected chi connectivity index (χ3v) is 2.83. The van der Waals surface area contributed by atoms with Gasteiger partial charge in [-0.05, 0) is 18.1 Å². The van der Waals surface area contributed by atoms with Gasteiger partial charge in [-0.25, -0.2) is 0 Å². The molecule has 6 heteroatoms. The number of nitrogens with two attached hydrogens (primary N) is 2. The Morgan fingerprint density at radius 3 is 2.53 bits per heavy atom. The third-order valence-electron chi connectivity index (χ3n) is 2.50. The predicted molar refractivity (Wildman–Crippen MR) is 75.8 cm³/mol. The van der Waals surface area contributed by atoms with Crippen molar-refractivity contribution in [3.63, 3.8) is 0 Å². The van der Waals surface area contributed by atoms with Gasteiger partial charge in [-0.15, -0.1) is 0 Å². The molecule has 1 aromatic carbocycles. The van der Waals surface area contributed by atoms with E-state index in [2.05, 4.69) is 0 Å². The molecule has 1 rings (SSSR count). The normalized spacial score (nSPS) is 10.5. The van der Waals surface area contributed by atoms with E-state index in [4.69, 9.17) is 23.1 Å². The fraction of sp³-hybridized carbons (Fsp3) is 0.385. The van der Waals surface area contributed by atoms with E-state index in [9.17, 15) is 9.59 Å². The van der Waals surface area contributed by atoms with Crippen molar-refractivity contribution in [3.05, 3.63) is 28.8 Å². The first-order valence-electron chi connectivity index (χ1n) is 5.94. The number of anilines is 1. The number of nitrogens with zero attached hydrogens (tertiary/aromatic N) is 1. The molecule has 5 nitrogen and oxygen atoms in total. The van der Waals surface area contributed by atoms with Gasteiger partial charge in [0.1, 0.15) is 0 Å². The number of hydrogen-bond donors (Lipinski definition) is 2. The summed E-state index contributed by atoms with van der Waals surface area (Å²) in [7, 11) is 0. The van der Waals surface area contributed by atoms with Crippen molar-refractivity contribution < 1.29 is 9.59 Å². The maximum absolute atomic E-state index is 12.4. The number of para-hydroxylation sites is 1. The SMILES string of the molecule is CC(C)CN(CC(N)=O)C(=O)c1cccc(Cl)c1N. The Labute approximate surface area is 117 Å². The monoisotopic (exact) mass is 283 g/mol. The summed E-state index contributed by atoms with van der Waals surface area (Å²) in [6, 6.07) is 4.83. The molecule has 0 aliphatic heterocycles. The number of carbonyl (C=O) groups is 2. The van der Waals surface area contributed by atoms with Gasteiger partial charge in [-0.3, -0.25) is 9.59 Å². The van der Waals surface area contributed by atoms with Crippen molar-refractivity contribution in [3.8, 4) is 0 Å². The minimum Gasteiger partial charge on any atom is -0.397 e. The molecule has 2 amide bonds. The zero-order chi connectivity index (χ0) is 14.6. The Morgan fingerprint density at radius 2 is 2.00 bits per heavy atom. The van der Waals surface area contributed by atoms with Crippen LogP contribution in [0.3, 0.4) is 0 Å². The summed E-state index contributed by atoms with van der Waals surface area (Å²) >= 11 is 5.89. The lowest BCUT2D eigenvalue weighted by Gasteiger charge is -2.24. The summed E-state index contributed by atoms with van der Waals surface area (Å²) in [6.45, 7) is 4.18. The highest BCUT2D eigenvalue weighted by molar-refractivity contribution is 6.33. The number of halogens is 1. The second-order valence-electron chi connectivity index (χ2n) is 4.75. The molecule has 0 aliphatic carbocycles. The molecule has 0 fully saturated rings. The zero-order valence-electron chi connectivity index (χ0n) is 11.0. The average Bonchev–Trinajstić information content (AvgIpc) is 2.30. The topological polar surface area (TPSA) is 89.4 Å². The first kappa shape index (κ1) is 15.3. The summed E-state index contributed by atoms with van der Waals surface area (Å²) < 4.78 is 0. The van der Waals surface area contributed by atoms with Gasteiger partial charge < -0.3 is 16.4 Å². The van der Waals surface area contributed by atoms with Gasteiger partial charge in [-0.1, -0.05) is 31.5 Å². The van der Waals surface area contributed by atoms with Crippen LogP contribution in [0.1, 0.15) is 24.2 Å². The highest BCUT2D eigenvalue weighted by Crippen LogP contribution is 2.23. The van der Waals surface area contributed by atoms with Crippen LogP contribution in [0.2, 0.25) is 5.02 Å². The van der Waals surface area contributed by atoms with Gasteiger partial charge in [-0.2, -0.15) is 0 Å². The Balaban J connectivity index is 3.04. The largest absolute Gasteiger partial charge is 0.397 e. The molecule has 1 aromatic rings. The fourth-order valence-electron chi connectivity index (χ4n) is 1.74. The number of nitrogen functional groups attached to an aromatic ring is 1. The minimum absolute atomic E-state index is 0.136. The summed E-state index contributed by atoms with van der Waals surface area (Å²) in [5, 5.41) is 0.314. The lowest BCUT2D eigenvalue weighted by molar-refractivity contribution is -0.118. The van der Waals surface area contributed by atoms with Crippen LogP contribution in [-0.2, 0) is 4.79 Å². The number of amides is 2. The van der Waals surface area contributed by atoms with Gasteiger partial charge in [0.2, 0.25) is 5.91 Å². The van der Waals surface area contributed by atoms with Crippen molar-refractivity contribution in [2.75, 3.05) is 18.8 Å². The Bertz CT molecular complexity index is 489. The van der Waals surface area contributed by atoms with Crippen LogP contribution in [0.4, 0.5) is 5.69 Å². The van der Waals surface area contributed by atoms with Crippen LogP contribution in [-0.4, -0.2) is 29.8 Å². The quantitative estimate of drug-likeness (QED) is 0.803. The highest BCUT2D eigenvalue weighted by atomic mass is 35.5. The summed E-state index contributed by atoms with van der Waals surface area (Å²) in [6.07, 6.45) is 0. The van der Waals surface area contributed by atoms with Gasteiger partial charge in [0, 0.05) is 6.54 Å². The second kappa shape index (κ2) is 6.43. The first-order chi connectivity index (χ1) is 8.82. The van der Waals surface area contributed by atoms with Crippen molar-refractivity contribution in [2.45, 2.75) is 13.8 Å². The number of rotatable bonds is 5. The van der Waals surface area contributed by atoms with E-state index in [1.165, 1.54) is 4.90 Å². The van der Waals surface area contributed by atoms with Crippen molar-refractivity contribution in [2.24, 2.45) is 11.7 Å². The Kier molecular flexibility index (Phi) is 5.18. The molecule has 0 spiro atoms. The number of benzene rings is 1. The summed E-state index contributed by atoms with van der Waals surface area (Å²) in [5.74, 6) is -0.689.